The molecule has 0 atom stereocenters. The molecule has 144 valence electrons. The van der Waals surface area contributed by atoms with E-state index >= 15 is 0 Å². The maximum atomic E-state index is 13.1. The lowest BCUT2D eigenvalue weighted by Crippen LogP contribution is -2.21. The third-order valence-electron chi connectivity index (χ3n) is 3.87. The number of hydrogen-bond donors (Lipinski definition) is 1. The SMILES string of the molecule is Cc1cc(Br)ccc1NC(=O)COC(=O)c1sc(-c2ccc(F)cc2)nc1C. The lowest BCUT2D eigenvalue weighted by Gasteiger charge is -2.09. The van der Waals surface area contributed by atoms with Crippen molar-refractivity contribution in [3.63, 3.8) is 0 Å². The Morgan fingerprint density at radius 3 is 2.57 bits per heavy atom. The molecule has 3 aromatic rings. The topological polar surface area (TPSA) is 68.3 Å². The number of esters is 1. The van der Waals surface area contributed by atoms with E-state index < -0.39 is 18.5 Å². The fraction of sp³-hybridized carbons (Fsp3) is 0.150. The number of nitrogens with one attached hydrogen (secondary N) is 1. The van der Waals surface area contributed by atoms with Crippen molar-refractivity contribution in [2.24, 2.45) is 0 Å². The number of anilines is 1. The van der Waals surface area contributed by atoms with Crippen LogP contribution in [0.5, 0.6) is 0 Å². The zero-order valence-corrected chi connectivity index (χ0v) is 17.5. The van der Waals surface area contributed by atoms with Crippen molar-refractivity contribution in [2.75, 3.05) is 11.9 Å². The Morgan fingerprint density at radius 2 is 1.89 bits per heavy atom. The second-order valence-electron chi connectivity index (χ2n) is 6.02. The van der Waals surface area contributed by atoms with Crippen molar-refractivity contribution in [1.82, 2.24) is 4.98 Å². The van der Waals surface area contributed by atoms with Gasteiger partial charge in [-0.05, 0) is 61.9 Å². The third kappa shape index (κ3) is 4.82. The minimum atomic E-state index is -0.619. The minimum absolute atomic E-state index is 0.312. The molecule has 28 heavy (non-hydrogen) atoms. The number of carbonyl (C=O) groups excluding carboxylic acids is 2. The summed E-state index contributed by atoms with van der Waals surface area (Å²) >= 11 is 4.50. The Kier molecular flexibility index (Phi) is 6.21. The van der Waals surface area contributed by atoms with Crippen LogP contribution in [0, 0.1) is 19.7 Å². The number of aromatic nitrogens is 1. The molecule has 0 bridgehead atoms. The molecule has 0 aliphatic carbocycles. The summed E-state index contributed by atoms with van der Waals surface area (Å²) in [6.45, 7) is 3.15. The normalized spacial score (nSPS) is 10.6. The Hall–Kier alpha value is -2.58. The van der Waals surface area contributed by atoms with Gasteiger partial charge in [0.15, 0.2) is 6.61 Å². The zero-order valence-electron chi connectivity index (χ0n) is 15.1. The van der Waals surface area contributed by atoms with Gasteiger partial charge in [-0.25, -0.2) is 14.2 Å². The van der Waals surface area contributed by atoms with Crippen molar-refractivity contribution in [1.29, 1.82) is 0 Å². The molecule has 0 saturated carbocycles. The number of benzene rings is 2. The fourth-order valence-corrected chi connectivity index (χ4v) is 3.89. The van der Waals surface area contributed by atoms with Gasteiger partial charge in [-0.2, -0.15) is 0 Å². The Labute approximate surface area is 173 Å². The summed E-state index contributed by atoms with van der Waals surface area (Å²) in [7, 11) is 0. The molecule has 1 aromatic heterocycles. The Morgan fingerprint density at radius 1 is 1.18 bits per heavy atom. The van der Waals surface area contributed by atoms with E-state index in [0.717, 1.165) is 21.4 Å². The Balaban J connectivity index is 1.63. The average Bonchev–Trinajstić information content (AvgIpc) is 3.04. The van der Waals surface area contributed by atoms with Crippen LogP contribution in [0.15, 0.2) is 46.9 Å². The molecule has 2 aromatic carbocycles. The van der Waals surface area contributed by atoms with Crippen molar-refractivity contribution in [3.05, 3.63) is 68.9 Å². The average molecular weight is 463 g/mol. The molecule has 1 amide bonds. The highest BCUT2D eigenvalue weighted by Gasteiger charge is 2.19. The number of amides is 1. The quantitative estimate of drug-likeness (QED) is 0.534. The van der Waals surface area contributed by atoms with E-state index in [1.165, 1.54) is 12.1 Å². The van der Waals surface area contributed by atoms with Gasteiger partial charge in [0.25, 0.3) is 5.91 Å². The van der Waals surface area contributed by atoms with E-state index in [0.29, 0.717) is 26.8 Å². The highest BCUT2D eigenvalue weighted by Crippen LogP contribution is 2.28. The standard InChI is InChI=1S/C20H16BrFN2O3S/c1-11-9-14(21)5-8-16(11)24-17(25)10-27-20(26)18-12(2)23-19(28-18)13-3-6-15(22)7-4-13/h3-9H,10H2,1-2H3,(H,24,25). The number of carbonyl (C=O) groups is 2. The molecule has 0 radical (unpaired) electrons. The zero-order chi connectivity index (χ0) is 20.3. The van der Waals surface area contributed by atoms with Gasteiger partial charge in [0.05, 0.1) is 5.69 Å². The van der Waals surface area contributed by atoms with Crippen LogP contribution in [-0.2, 0) is 9.53 Å². The molecule has 1 N–H and O–H groups in total. The predicted molar refractivity (Wildman–Crippen MR) is 110 cm³/mol. The lowest BCUT2D eigenvalue weighted by atomic mass is 10.2. The van der Waals surface area contributed by atoms with E-state index in [2.05, 4.69) is 26.2 Å². The van der Waals surface area contributed by atoms with E-state index in [4.69, 9.17) is 4.74 Å². The molecule has 0 aliphatic rings. The van der Waals surface area contributed by atoms with Gasteiger partial charge in [0.2, 0.25) is 0 Å². The highest BCUT2D eigenvalue weighted by molar-refractivity contribution is 9.10. The van der Waals surface area contributed by atoms with E-state index in [9.17, 15) is 14.0 Å². The van der Waals surface area contributed by atoms with Crippen LogP contribution in [0.3, 0.4) is 0 Å². The molecular weight excluding hydrogens is 447 g/mol. The summed E-state index contributed by atoms with van der Waals surface area (Å²) in [6, 6.07) is 11.3. The van der Waals surface area contributed by atoms with E-state index in [1.807, 2.05) is 19.1 Å². The molecule has 3 rings (SSSR count). The van der Waals surface area contributed by atoms with E-state index in [-0.39, 0.29) is 5.82 Å². The van der Waals surface area contributed by atoms with Crippen molar-refractivity contribution < 1.29 is 18.7 Å². The van der Waals surface area contributed by atoms with Crippen LogP contribution in [0.25, 0.3) is 10.6 Å². The van der Waals surface area contributed by atoms with Crippen molar-refractivity contribution >= 4 is 44.8 Å². The molecule has 5 nitrogen and oxygen atoms in total. The van der Waals surface area contributed by atoms with Crippen LogP contribution in [0.1, 0.15) is 20.9 Å². The monoisotopic (exact) mass is 462 g/mol. The maximum Gasteiger partial charge on any atom is 0.350 e. The second kappa shape index (κ2) is 8.62. The van der Waals surface area contributed by atoms with Gasteiger partial charge in [-0.1, -0.05) is 15.9 Å². The smallest absolute Gasteiger partial charge is 0.350 e. The second-order valence-corrected chi connectivity index (χ2v) is 7.94. The van der Waals surface area contributed by atoms with Crippen molar-refractivity contribution in [3.8, 4) is 10.6 Å². The molecule has 0 fully saturated rings. The Bertz CT molecular complexity index is 1030. The molecule has 0 unspecified atom stereocenters. The highest BCUT2D eigenvalue weighted by atomic mass is 79.9. The van der Waals surface area contributed by atoms with Crippen LogP contribution in [0.4, 0.5) is 10.1 Å². The molecule has 0 aliphatic heterocycles. The third-order valence-corrected chi connectivity index (χ3v) is 5.55. The summed E-state index contributed by atoms with van der Waals surface area (Å²) in [5.74, 6) is -1.39. The first kappa shape index (κ1) is 20.2. The minimum Gasteiger partial charge on any atom is -0.451 e. The van der Waals surface area contributed by atoms with Gasteiger partial charge in [0, 0.05) is 15.7 Å². The fourth-order valence-electron chi connectivity index (χ4n) is 2.45. The first-order valence-electron chi connectivity index (χ1n) is 8.30. The molecule has 1 heterocycles. The summed E-state index contributed by atoms with van der Waals surface area (Å²) in [4.78, 5) is 29.1. The number of hydrogen-bond acceptors (Lipinski definition) is 5. The number of aryl methyl sites for hydroxylation is 2. The molecular formula is C20H16BrFN2O3S. The first-order chi connectivity index (χ1) is 13.3. The number of rotatable bonds is 5. The number of thiazole rings is 1. The summed E-state index contributed by atoms with van der Waals surface area (Å²) in [5.41, 5.74) is 2.74. The number of nitrogens with zero attached hydrogens (tertiary/aromatic N) is 1. The van der Waals surface area contributed by atoms with Gasteiger partial charge in [-0.3, -0.25) is 4.79 Å². The number of ether oxygens (including phenoxy) is 1. The first-order valence-corrected chi connectivity index (χ1v) is 9.91. The summed E-state index contributed by atoms with van der Waals surface area (Å²) < 4.78 is 19.1. The van der Waals surface area contributed by atoms with Crippen LogP contribution < -0.4 is 5.32 Å². The van der Waals surface area contributed by atoms with Gasteiger partial charge < -0.3 is 10.1 Å². The van der Waals surface area contributed by atoms with Crippen LogP contribution in [0.2, 0.25) is 0 Å². The molecule has 8 heteroatoms. The maximum absolute atomic E-state index is 13.1. The van der Waals surface area contributed by atoms with Crippen molar-refractivity contribution in [2.45, 2.75) is 13.8 Å². The molecule has 0 spiro atoms. The van der Waals surface area contributed by atoms with Gasteiger partial charge >= 0.3 is 5.97 Å². The van der Waals surface area contributed by atoms with Crippen LogP contribution >= 0.6 is 27.3 Å². The summed E-state index contributed by atoms with van der Waals surface area (Å²) in [6.07, 6.45) is 0. The van der Waals surface area contributed by atoms with E-state index in [1.54, 1.807) is 25.1 Å². The molecule has 0 saturated heterocycles. The lowest BCUT2D eigenvalue weighted by molar-refractivity contribution is -0.119. The van der Waals surface area contributed by atoms with Gasteiger partial charge in [0.1, 0.15) is 15.7 Å². The predicted octanol–water partition coefficient (Wildman–Crippen LogP) is 5.12. The largest absolute Gasteiger partial charge is 0.451 e. The van der Waals surface area contributed by atoms with Crippen LogP contribution in [-0.4, -0.2) is 23.5 Å². The summed E-state index contributed by atoms with van der Waals surface area (Å²) in [5, 5.41) is 3.29. The number of halogens is 2. The van der Waals surface area contributed by atoms with Gasteiger partial charge in [-0.15, -0.1) is 11.3 Å².